The smallest absolute Gasteiger partial charge is 0.206 e. The van der Waals surface area contributed by atoms with E-state index in [1.165, 1.54) is 17.7 Å². The number of aryl methyl sites for hydroxylation is 1. The molecule has 2 atom stereocenters. The van der Waals surface area contributed by atoms with E-state index in [0.29, 0.717) is 21.9 Å². The molecule has 6 heteroatoms. The molecule has 2 unspecified atom stereocenters. The van der Waals surface area contributed by atoms with Crippen LogP contribution < -0.4 is 5.32 Å². The first-order valence-corrected chi connectivity index (χ1v) is 11.2. The number of nitrogens with zero attached hydrogens (tertiary/aromatic N) is 1. The largest absolute Gasteiger partial charge is 0.361 e. The highest BCUT2D eigenvalue weighted by atomic mass is 32.2. The number of sulfone groups is 1. The second kappa shape index (κ2) is 5.49. The minimum Gasteiger partial charge on any atom is -0.361 e. The number of hydrogen-bond acceptors (Lipinski definition) is 3. The lowest BCUT2D eigenvalue weighted by atomic mass is 9.99. The van der Waals surface area contributed by atoms with Crippen LogP contribution in [0.3, 0.4) is 0 Å². The van der Waals surface area contributed by atoms with E-state index in [-0.39, 0.29) is 0 Å². The zero-order chi connectivity index (χ0) is 19.0. The van der Waals surface area contributed by atoms with E-state index < -0.39 is 9.84 Å². The average Bonchev–Trinajstić information content (AvgIpc) is 3.39. The van der Waals surface area contributed by atoms with Crippen LogP contribution in [0.1, 0.15) is 30.1 Å². The van der Waals surface area contributed by atoms with Gasteiger partial charge in [0.25, 0.3) is 0 Å². The Hall–Kier alpha value is -2.57. The van der Waals surface area contributed by atoms with E-state index in [9.17, 15) is 8.42 Å². The maximum absolute atomic E-state index is 13.3. The minimum atomic E-state index is -3.58. The molecule has 0 saturated carbocycles. The topological polar surface area (TPSA) is 66.9 Å². The number of aromatic nitrogens is 2. The molecule has 2 aromatic heterocycles. The third kappa shape index (κ3) is 2.13. The Morgan fingerprint density at radius 1 is 1.04 bits per heavy atom. The third-order valence-corrected chi connectivity index (χ3v) is 8.26. The Morgan fingerprint density at radius 3 is 2.75 bits per heavy atom. The summed E-state index contributed by atoms with van der Waals surface area (Å²) < 4.78 is 28.9. The van der Waals surface area contributed by atoms with Crippen molar-refractivity contribution in [2.75, 3.05) is 0 Å². The SMILES string of the molecule is Cn1c2c(c3cc(S(=O)(=O)c4ccc5cc[nH]c5c4)ccc31)C1CCC(C2)N1. The fourth-order valence-corrected chi connectivity index (χ4v) is 6.39. The molecule has 2 aliphatic heterocycles. The van der Waals surface area contributed by atoms with Gasteiger partial charge in [0.05, 0.1) is 9.79 Å². The van der Waals surface area contributed by atoms with Crippen LogP contribution in [0.5, 0.6) is 0 Å². The predicted molar refractivity (Wildman–Crippen MR) is 109 cm³/mol. The second-order valence-corrected chi connectivity index (χ2v) is 9.98. The summed E-state index contributed by atoms with van der Waals surface area (Å²) in [5, 5.41) is 5.77. The van der Waals surface area contributed by atoms with Gasteiger partial charge in [-0.2, -0.15) is 0 Å². The van der Waals surface area contributed by atoms with E-state index in [1.54, 1.807) is 18.2 Å². The van der Waals surface area contributed by atoms with Crippen molar-refractivity contribution in [2.24, 2.45) is 7.05 Å². The molecule has 4 aromatic rings. The molecule has 28 heavy (non-hydrogen) atoms. The van der Waals surface area contributed by atoms with Crippen molar-refractivity contribution in [1.82, 2.24) is 14.9 Å². The number of H-pyrrole nitrogens is 1. The van der Waals surface area contributed by atoms with Crippen molar-refractivity contribution in [3.63, 3.8) is 0 Å². The fraction of sp³-hybridized carbons (Fsp3) is 0.273. The quantitative estimate of drug-likeness (QED) is 0.546. The lowest BCUT2D eigenvalue weighted by Gasteiger charge is -2.23. The standard InChI is InChI=1S/C22H21N3O2S/c1-25-20-7-5-15(11-17(20)22-18-6-3-14(24-18)10-21(22)25)28(26,27)16-4-2-13-8-9-23-19(13)12-16/h2,4-5,7-9,11-12,14,18,23-24H,3,6,10H2,1H3. The van der Waals surface area contributed by atoms with E-state index in [4.69, 9.17) is 0 Å². The van der Waals surface area contributed by atoms with Crippen molar-refractivity contribution in [3.05, 3.63) is 59.9 Å². The van der Waals surface area contributed by atoms with Crippen LogP contribution in [0.2, 0.25) is 0 Å². The molecular formula is C22H21N3O2S. The Morgan fingerprint density at radius 2 is 1.86 bits per heavy atom. The second-order valence-electron chi connectivity index (χ2n) is 8.03. The van der Waals surface area contributed by atoms with Crippen LogP contribution >= 0.6 is 0 Å². The summed E-state index contributed by atoms with van der Waals surface area (Å²) in [4.78, 5) is 3.78. The van der Waals surface area contributed by atoms with Gasteiger partial charge < -0.3 is 14.9 Å². The zero-order valence-electron chi connectivity index (χ0n) is 15.6. The van der Waals surface area contributed by atoms with Crippen molar-refractivity contribution in [1.29, 1.82) is 0 Å². The maximum atomic E-state index is 13.3. The van der Waals surface area contributed by atoms with Gasteiger partial charge in [-0.05, 0) is 60.2 Å². The molecule has 2 N–H and O–H groups in total. The first-order valence-electron chi connectivity index (χ1n) is 9.72. The molecular weight excluding hydrogens is 370 g/mol. The van der Waals surface area contributed by atoms with Gasteiger partial charge in [-0.15, -0.1) is 0 Å². The van der Waals surface area contributed by atoms with E-state index in [0.717, 1.165) is 34.6 Å². The highest BCUT2D eigenvalue weighted by Gasteiger charge is 2.36. The predicted octanol–water partition coefficient (Wildman–Crippen LogP) is 3.84. The van der Waals surface area contributed by atoms with Gasteiger partial charge in [0.1, 0.15) is 0 Å². The molecule has 1 fully saturated rings. The van der Waals surface area contributed by atoms with E-state index in [1.807, 2.05) is 30.5 Å². The molecule has 6 rings (SSSR count). The van der Waals surface area contributed by atoms with Crippen molar-refractivity contribution >= 4 is 31.6 Å². The summed E-state index contributed by atoms with van der Waals surface area (Å²) >= 11 is 0. The third-order valence-electron chi connectivity index (χ3n) is 6.51. The normalized spacial score (nSPS) is 21.5. The molecule has 142 valence electrons. The molecule has 2 aliphatic rings. The molecule has 1 saturated heterocycles. The van der Waals surface area contributed by atoms with Crippen LogP contribution in [0.15, 0.2) is 58.5 Å². The van der Waals surface area contributed by atoms with Crippen LogP contribution in [0.4, 0.5) is 0 Å². The van der Waals surface area contributed by atoms with Gasteiger partial charge in [-0.3, -0.25) is 0 Å². The first-order chi connectivity index (χ1) is 13.5. The summed E-state index contributed by atoms with van der Waals surface area (Å²) in [6.07, 6.45) is 5.15. The van der Waals surface area contributed by atoms with Crippen LogP contribution in [0, 0.1) is 0 Å². The highest BCUT2D eigenvalue weighted by molar-refractivity contribution is 7.91. The Bertz CT molecular complexity index is 1360. The number of benzene rings is 2. The number of nitrogens with one attached hydrogen (secondary N) is 2. The Kier molecular flexibility index (Phi) is 3.21. The van der Waals surface area contributed by atoms with Gasteiger partial charge in [0.2, 0.25) is 9.84 Å². The number of rotatable bonds is 2. The summed E-state index contributed by atoms with van der Waals surface area (Å²) in [6, 6.07) is 13.7. The van der Waals surface area contributed by atoms with Gasteiger partial charge >= 0.3 is 0 Å². The highest BCUT2D eigenvalue weighted by Crippen LogP contribution is 2.42. The molecule has 0 amide bonds. The number of aromatic amines is 1. The average molecular weight is 391 g/mol. The number of fused-ring (bicyclic) bond motifs is 7. The molecule has 0 radical (unpaired) electrons. The van der Waals surface area contributed by atoms with Crippen molar-refractivity contribution in [3.8, 4) is 0 Å². The van der Waals surface area contributed by atoms with Crippen LogP contribution in [-0.4, -0.2) is 24.0 Å². The van der Waals surface area contributed by atoms with Gasteiger partial charge in [0.15, 0.2) is 0 Å². The minimum absolute atomic E-state index is 0.325. The Labute approximate surface area is 163 Å². The molecule has 2 bridgehead atoms. The molecule has 5 nitrogen and oxygen atoms in total. The van der Waals surface area contributed by atoms with Gasteiger partial charge in [0, 0.05) is 53.9 Å². The summed E-state index contributed by atoms with van der Waals surface area (Å²) in [6.45, 7) is 0. The van der Waals surface area contributed by atoms with E-state index in [2.05, 4.69) is 21.9 Å². The summed E-state index contributed by atoms with van der Waals surface area (Å²) in [7, 11) is -1.48. The van der Waals surface area contributed by atoms with Crippen molar-refractivity contribution in [2.45, 2.75) is 41.1 Å². The first kappa shape index (κ1) is 16.4. The van der Waals surface area contributed by atoms with Crippen LogP contribution in [0.25, 0.3) is 21.8 Å². The molecule has 0 spiro atoms. The fourth-order valence-electron chi connectivity index (χ4n) is 5.08. The molecule has 4 heterocycles. The monoisotopic (exact) mass is 391 g/mol. The number of hydrogen-bond donors (Lipinski definition) is 2. The lowest BCUT2D eigenvalue weighted by Crippen LogP contribution is -2.32. The van der Waals surface area contributed by atoms with Crippen molar-refractivity contribution < 1.29 is 8.42 Å². The van der Waals surface area contributed by atoms with Crippen LogP contribution in [-0.2, 0) is 23.3 Å². The summed E-state index contributed by atoms with van der Waals surface area (Å²) in [5.41, 5.74) is 4.59. The van der Waals surface area contributed by atoms with Gasteiger partial charge in [-0.25, -0.2) is 8.42 Å². The molecule has 2 aromatic carbocycles. The van der Waals surface area contributed by atoms with E-state index >= 15 is 0 Å². The maximum Gasteiger partial charge on any atom is 0.206 e. The van der Waals surface area contributed by atoms with Gasteiger partial charge in [-0.1, -0.05) is 6.07 Å². The summed E-state index contributed by atoms with van der Waals surface area (Å²) in [5.74, 6) is 0. The zero-order valence-corrected chi connectivity index (χ0v) is 16.4. The Balaban J connectivity index is 1.55. The molecule has 0 aliphatic carbocycles. The lowest BCUT2D eigenvalue weighted by molar-refractivity contribution is 0.503.